The van der Waals surface area contributed by atoms with E-state index in [1.807, 2.05) is 18.2 Å². The number of hydrogen-bond acceptors (Lipinski definition) is 3. The van der Waals surface area contributed by atoms with Gasteiger partial charge in [0.1, 0.15) is 0 Å². The fourth-order valence-corrected chi connectivity index (χ4v) is 11.3. The van der Waals surface area contributed by atoms with E-state index in [0.29, 0.717) is 5.92 Å². The van der Waals surface area contributed by atoms with Crippen molar-refractivity contribution in [2.24, 2.45) is 0 Å². The largest absolute Gasteiger partial charge is 0.304 e. The van der Waals surface area contributed by atoms with E-state index in [4.69, 9.17) is 92.8 Å². The molecule has 3 nitrogen and oxygen atoms in total. The summed E-state index contributed by atoms with van der Waals surface area (Å²) >= 11 is 56.1. The summed E-state index contributed by atoms with van der Waals surface area (Å²) in [7, 11) is 0. The zero-order chi connectivity index (χ0) is 39.0. The third kappa shape index (κ3) is 5.40. The second-order valence-corrected chi connectivity index (χ2v) is 18.8. The Morgan fingerprint density at radius 2 is 1.04 bits per heavy atom. The van der Waals surface area contributed by atoms with Gasteiger partial charge in [0.25, 0.3) is 0 Å². The van der Waals surface area contributed by atoms with Crippen LogP contribution in [0.3, 0.4) is 0 Å². The van der Waals surface area contributed by atoms with Crippen molar-refractivity contribution < 1.29 is 0 Å². The highest BCUT2D eigenvalue weighted by Gasteiger charge is 2.40. The van der Waals surface area contributed by atoms with Crippen molar-refractivity contribution in [3.05, 3.63) is 120 Å². The van der Waals surface area contributed by atoms with Crippen LogP contribution in [0.2, 0.25) is 40.2 Å². The Morgan fingerprint density at radius 1 is 0.537 bits per heavy atom. The number of fused-ring (bicyclic) bond motifs is 7. The molecule has 0 spiro atoms. The van der Waals surface area contributed by atoms with Gasteiger partial charge < -0.3 is 4.40 Å². The van der Waals surface area contributed by atoms with Crippen LogP contribution in [0, 0.1) is 0 Å². The summed E-state index contributed by atoms with van der Waals surface area (Å²) in [5.41, 5.74) is 6.04. The fraction of sp³-hybridized carbons (Fsp3) is 0.220. The molecular weight excluding hydrogens is 865 g/mol. The molecule has 1 aliphatic rings. The number of pyridine rings is 2. The first-order chi connectivity index (χ1) is 25.5. The van der Waals surface area contributed by atoms with Gasteiger partial charge in [-0.1, -0.05) is 187 Å². The van der Waals surface area contributed by atoms with Crippen molar-refractivity contribution in [2.75, 3.05) is 0 Å². The molecule has 274 valence electrons. The van der Waals surface area contributed by atoms with Crippen LogP contribution in [0.5, 0.6) is 0 Å². The Hall–Kier alpha value is -2.03. The van der Waals surface area contributed by atoms with Gasteiger partial charge >= 0.3 is 0 Å². The lowest BCUT2D eigenvalue weighted by atomic mass is 9.34. The molecule has 0 N–H and O–H groups in total. The molecule has 0 unspecified atom stereocenters. The van der Waals surface area contributed by atoms with E-state index in [1.54, 1.807) is 4.40 Å². The van der Waals surface area contributed by atoms with Gasteiger partial charge in [-0.25, -0.2) is 0 Å². The highest BCUT2D eigenvalue weighted by atomic mass is 35.5. The van der Waals surface area contributed by atoms with E-state index < -0.39 is 17.6 Å². The number of aromatic nitrogens is 1. The maximum absolute atomic E-state index is 15.5. The number of halogens is 8. The van der Waals surface area contributed by atoms with Crippen molar-refractivity contribution in [1.82, 2.24) is 4.40 Å². The van der Waals surface area contributed by atoms with E-state index in [9.17, 15) is 4.79 Å². The summed E-state index contributed by atoms with van der Waals surface area (Å²) in [5, 5.41) is -0.148. The average Bonchev–Trinajstić information content (AvgIpc) is 3.14. The lowest BCUT2D eigenvalue weighted by Gasteiger charge is -2.33. The summed E-state index contributed by atoms with van der Waals surface area (Å²) in [6.07, 6.45) is 0. The van der Waals surface area contributed by atoms with Crippen LogP contribution in [-0.4, -0.2) is 11.1 Å². The zero-order valence-corrected chi connectivity index (χ0v) is 36.4. The summed E-state index contributed by atoms with van der Waals surface area (Å²) < 4.78 is 1.64. The van der Waals surface area contributed by atoms with Crippen LogP contribution in [-0.2, 0) is 0 Å². The summed E-state index contributed by atoms with van der Waals surface area (Å²) in [5.74, 6) is 0.569. The maximum Gasteiger partial charge on any atom is 0.245 e. The quantitative estimate of drug-likeness (QED) is 0.0581. The van der Waals surface area contributed by atoms with Gasteiger partial charge in [-0.3, -0.25) is 9.59 Å². The van der Waals surface area contributed by atoms with Crippen LogP contribution in [0.25, 0.3) is 38.1 Å². The Bertz CT molecular complexity index is 2890. The Morgan fingerprint density at radius 3 is 1.56 bits per heavy atom. The lowest BCUT2D eigenvalue weighted by molar-refractivity contribution is 0.812. The Balaban J connectivity index is 1.74. The van der Waals surface area contributed by atoms with Crippen molar-refractivity contribution in [3.8, 4) is 0 Å². The fourth-order valence-electron chi connectivity index (χ4n) is 8.07. The van der Waals surface area contributed by atoms with Gasteiger partial charge in [0.2, 0.25) is 6.71 Å². The molecule has 5 aromatic carbocycles. The summed E-state index contributed by atoms with van der Waals surface area (Å²) in [4.78, 5) is 32.1. The van der Waals surface area contributed by atoms with E-state index >= 15 is 4.79 Å². The molecular formula is C41H28BCl8NO2S. The van der Waals surface area contributed by atoms with E-state index in [0.717, 1.165) is 26.2 Å². The van der Waals surface area contributed by atoms with Crippen LogP contribution in [0.4, 0.5) is 0 Å². The van der Waals surface area contributed by atoms with E-state index in [-0.39, 0.29) is 90.1 Å². The predicted octanol–water partition coefficient (Wildman–Crippen LogP) is 13.1. The normalized spacial score (nSPS) is 13.2. The van der Waals surface area contributed by atoms with Gasteiger partial charge in [0, 0.05) is 20.6 Å². The molecule has 8 rings (SSSR count). The molecule has 7 aromatic rings. The third-order valence-corrected chi connectivity index (χ3v) is 15.3. The highest BCUT2D eigenvalue weighted by molar-refractivity contribution is 8.00. The first-order valence-corrected chi connectivity index (χ1v) is 21.1. The average molecular weight is 893 g/mol. The smallest absolute Gasteiger partial charge is 0.245 e. The molecule has 1 aliphatic heterocycles. The maximum atomic E-state index is 15.5. The Labute approximate surface area is 356 Å². The predicted molar refractivity (Wildman–Crippen MR) is 238 cm³/mol. The first-order valence-electron chi connectivity index (χ1n) is 17.3. The number of rotatable bonds is 4. The monoisotopic (exact) mass is 889 g/mol. The van der Waals surface area contributed by atoms with E-state index in [2.05, 4.69) is 65.8 Å². The van der Waals surface area contributed by atoms with Gasteiger partial charge in [0.05, 0.1) is 67.5 Å². The molecule has 54 heavy (non-hydrogen) atoms. The molecule has 2 aromatic heterocycles. The number of nitrogens with zero attached hydrogens (tertiary/aromatic N) is 1. The van der Waals surface area contributed by atoms with Crippen molar-refractivity contribution in [2.45, 2.75) is 69.1 Å². The first kappa shape index (κ1) is 38.8. The van der Waals surface area contributed by atoms with Crippen molar-refractivity contribution in [3.63, 3.8) is 0 Å². The van der Waals surface area contributed by atoms with Gasteiger partial charge in [-0.2, -0.15) is 0 Å². The minimum absolute atomic E-state index is 0.000695. The topological polar surface area (TPSA) is 38.5 Å². The van der Waals surface area contributed by atoms with Crippen LogP contribution in [0.1, 0.15) is 76.0 Å². The number of benzene rings is 5. The third-order valence-electron chi connectivity index (χ3n) is 10.6. The van der Waals surface area contributed by atoms with Crippen molar-refractivity contribution in [1.29, 1.82) is 0 Å². The molecule has 0 atom stereocenters. The standard InChI is InChI=1S/C41H28BCl8NO2S/c1-14(2)17-11-18(15(3)4)27(19(12-17)16(5)6)42-21-9-7-8-10-22(21)54-23-13-20-37-24(28(23)42)41(53)26-30(44)32(46)34(48)36(50)39(26)51(37)38-25(40(20)52)29(43)31(45)33(47)35(38)49/h7-16H,1-6H3. The molecule has 0 amide bonds. The van der Waals surface area contributed by atoms with E-state index in [1.165, 1.54) is 28.5 Å². The summed E-state index contributed by atoms with van der Waals surface area (Å²) in [6.45, 7) is 12.8. The molecule has 0 bridgehead atoms. The van der Waals surface area contributed by atoms with Gasteiger partial charge in [-0.05, 0) is 52.0 Å². The Kier molecular flexibility index (Phi) is 9.94. The molecule has 0 saturated heterocycles. The van der Waals surface area contributed by atoms with Crippen molar-refractivity contribution >= 4 is 166 Å². The zero-order valence-electron chi connectivity index (χ0n) is 29.5. The van der Waals surface area contributed by atoms with Gasteiger partial charge in [-0.15, -0.1) is 0 Å². The minimum Gasteiger partial charge on any atom is -0.304 e. The van der Waals surface area contributed by atoms with Crippen LogP contribution in [0.15, 0.2) is 61.8 Å². The molecule has 0 radical (unpaired) electrons. The number of hydrogen-bond donors (Lipinski definition) is 0. The molecule has 13 heteroatoms. The SMILES string of the molecule is CC(C)c1cc(C(C)C)c(B2c3ccccc3Sc3cc4c(=O)c5c(Cl)c(Cl)c(Cl)c(Cl)c5n5c6c(Cl)c(Cl)c(Cl)c(Cl)c6c(=O)c(c32)c45)c(C(C)C)c1. The minimum atomic E-state index is -0.479. The summed E-state index contributed by atoms with van der Waals surface area (Å²) in [6, 6.07) is 14.7. The van der Waals surface area contributed by atoms with Crippen LogP contribution < -0.4 is 27.2 Å². The molecule has 0 aliphatic carbocycles. The lowest BCUT2D eigenvalue weighted by Crippen LogP contribution is -2.58. The molecule has 3 heterocycles. The molecule has 0 fully saturated rings. The highest BCUT2D eigenvalue weighted by Crippen LogP contribution is 2.48. The van der Waals surface area contributed by atoms with Crippen LogP contribution >= 0.6 is 105 Å². The second-order valence-electron chi connectivity index (χ2n) is 14.7. The molecule has 0 saturated carbocycles. The van der Waals surface area contributed by atoms with Gasteiger partial charge in [0.15, 0.2) is 10.9 Å². The second kappa shape index (κ2) is 13.8.